The van der Waals surface area contributed by atoms with Crippen LogP contribution in [0.3, 0.4) is 0 Å². The zero-order valence-corrected chi connectivity index (χ0v) is 16.9. The van der Waals surface area contributed by atoms with Crippen molar-refractivity contribution in [1.29, 1.82) is 0 Å². The van der Waals surface area contributed by atoms with Crippen molar-refractivity contribution in [2.75, 3.05) is 12.8 Å². The summed E-state index contributed by atoms with van der Waals surface area (Å²) in [5.74, 6) is -0.0722. The Morgan fingerprint density at radius 2 is 1.63 bits per heavy atom. The highest BCUT2D eigenvalue weighted by Gasteiger charge is 2.10. The Morgan fingerprint density at radius 1 is 0.963 bits per heavy atom. The van der Waals surface area contributed by atoms with Gasteiger partial charge in [-0.3, -0.25) is 4.79 Å². The first-order chi connectivity index (χ1) is 13.1. The molecule has 0 fully saturated rings. The highest BCUT2D eigenvalue weighted by Crippen LogP contribution is 2.17. The van der Waals surface area contributed by atoms with E-state index < -0.39 is 0 Å². The third kappa shape index (κ3) is 4.66. The number of carbonyl (C=O) groups is 1. The number of amides is 1. The number of nitrogens with zero attached hydrogens (tertiary/aromatic N) is 2. The number of nitrogens with one attached hydrogen (secondary N) is 1. The standard InChI is InChI=1S/C22H25N3OS/c1-4-18-19(5-2)25-21-14-16(8-11-20(21)24-18)22(26)23-13-12-15-6-9-17(27-3)10-7-15/h6-11,14H,4-5,12-13H2,1-3H3,(H,23,26). The molecule has 0 radical (unpaired) electrons. The lowest BCUT2D eigenvalue weighted by Crippen LogP contribution is -2.25. The van der Waals surface area contributed by atoms with Gasteiger partial charge in [-0.15, -0.1) is 11.8 Å². The topological polar surface area (TPSA) is 54.9 Å². The van der Waals surface area contributed by atoms with Crippen LogP contribution in [-0.2, 0) is 19.3 Å². The Labute approximate surface area is 164 Å². The number of aryl methyl sites for hydroxylation is 2. The van der Waals surface area contributed by atoms with E-state index in [0.29, 0.717) is 12.1 Å². The molecule has 0 atom stereocenters. The van der Waals surface area contributed by atoms with Crippen LogP contribution in [0.25, 0.3) is 11.0 Å². The van der Waals surface area contributed by atoms with E-state index in [1.807, 2.05) is 18.2 Å². The summed E-state index contributed by atoms with van der Waals surface area (Å²) < 4.78 is 0. The van der Waals surface area contributed by atoms with E-state index >= 15 is 0 Å². The molecule has 0 spiro atoms. The van der Waals surface area contributed by atoms with E-state index in [0.717, 1.165) is 41.7 Å². The maximum Gasteiger partial charge on any atom is 0.251 e. The first-order valence-corrected chi connectivity index (χ1v) is 10.6. The van der Waals surface area contributed by atoms with Crippen molar-refractivity contribution in [3.63, 3.8) is 0 Å². The molecule has 0 aliphatic carbocycles. The second-order valence-corrected chi connectivity index (χ2v) is 7.26. The number of rotatable bonds is 7. The number of fused-ring (bicyclic) bond motifs is 1. The van der Waals surface area contributed by atoms with Crippen LogP contribution < -0.4 is 5.32 Å². The van der Waals surface area contributed by atoms with Gasteiger partial charge in [0.1, 0.15) is 0 Å². The van der Waals surface area contributed by atoms with Gasteiger partial charge in [0.25, 0.3) is 5.91 Å². The molecule has 3 aromatic rings. The highest BCUT2D eigenvalue weighted by molar-refractivity contribution is 7.98. The number of hydrogen-bond acceptors (Lipinski definition) is 4. The van der Waals surface area contributed by atoms with Gasteiger partial charge in [0.2, 0.25) is 0 Å². The molecule has 2 aromatic carbocycles. The molecule has 3 rings (SSSR count). The molecule has 4 nitrogen and oxygen atoms in total. The van der Waals surface area contributed by atoms with Gasteiger partial charge < -0.3 is 5.32 Å². The van der Waals surface area contributed by atoms with Crippen molar-refractivity contribution < 1.29 is 4.79 Å². The molecule has 0 saturated heterocycles. The zero-order chi connectivity index (χ0) is 19.2. The minimum Gasteiger partial charge on any atom is -0.352 e. The SMILES string of the molecule is CCc1nc2ccc(C(=O)NCCc3ccc(SC)cc3)cc2nc1CC. The van der Waals surface area contributed by atoms with Gasteiger partial charge in [0, 0.05) is 17.0 Å². The van der Waals surface area contributed by atoms with Crippen molar-refractivity contribution >= 4 is 28.7 Å². The number of carbonyl (C=O) groups excluding carboxylic acids is 1. The summed E-state index contributed by atoms with van der Waals surface area (Å²) in [7, 11) is 0. The molecule has 1 heterocycles. The van der Waals surface area contributed by atoms with Crippen LogP contribution in [0.1, 0.15) is 41.2 Å². The van der Waals surface area contributed by atoms with Gasteiger partial charge in [0.15, 0.2) is 0 Å². The van der Waals surface area contributed by atoms with Crippen LogP contribution in [-0.4, -0.2) is 28.7 Å². The number of benzene rings is 2. The molecule has 1 N–H and O–H groups in total. The molecule has 140 valence electrons. The van der Waals surface area contributed by atoms with Crippen molar-refractivity contribution in [3.05, 3.63) is 65.0 Å². The Bertz CT molecular complexity index is 938. The quantitative estimate of drug-likeness (QED) is 0.616. The summed E-state index contributed by atoms with van der Waals surface area (Å²) in [5.41, 5.74) is 5.52. The van der Waals surface area contributed by atoms with Crippen LogP contribution >= 0.6 is 11.8 Å². The van der Waals surface area contributed by atoms with Gasteiger partial charge in [0.05, 0.1) is 22.4 Å². The molecule has 0 saturated carbocycles. The normalized spacial score (nSPS) is 10.9. The molecule has 0 aliphatic rings. The monoisotopic (exact) mass is 379 g/mol. The van der Waals surface area contributed by atoms with Crippen LogP contribution in [0.15, 0.2) is 47.4 Å². The second kappa shape index (κ2) is 9.00. The van der Waals surface area contributed by atoms with E-state index in [4.69, 9.17) is 4.98 Å². The Balaban J connectivity index is 1.67. The molecule has 5 heteroatoms. The highest BCUT2D eigenvalue weighted by atomic mass is 32.2. The zero-order valence-electron chi connectivity index (χ0n) is 16.1. The third-order valence-corrected chi connectivity index (χ3v) is 5.35. The van der Waals surface area contributed by atoms with E-state index in [2.05, 4.69) is 54.7 Å². The average molecular weight is 380 g/mol. The number of thioether (sulfide) groups is 1. The van der Waals surface area contributed by atoms with E-state index in [-0.39, 0.29) is 5.91 Å². The third-order valence-electron chi connectivity index (χ3n) is 4.61. The summed E-state index contributed by atoms with van der Waals surface area (Å²) >= 11 is 1.73. The Hall–Kier alpha value is -2.40. The van der Waals surface area contributed by atoms with Crippen molar-refractivity contribution in [2.45, 2.75) is 38.0 Å². The van der Waals surface area contributed by atoms with Gasteiger partial charge in [-0.25, -0.2) is 9.97 Å². The smallest absolute Gasteiger partial charge is 0.251 e. The molecular formula is C22H25N3OS. The Morgan fingerprint density at radius 3 is 2.26 bits per heavy atom. The fourth-order valence-electron chi connectivity index (χ4n) is 3.05. The maximum atomic E-state index is 12.5. The van der Waals surface area contributed by atoms with Gasteiger partial charge in [-0.05, 0) is 61.4 Å². The van der Waals surface area contributed by atoms with Crippen molar-refractivity contribution in [2.24, 2.45) is 0 Å². The summed E-state index contributed by atoms with van der Waals surface area (Å²) in [6, 6.07) is 14.0. The lowest BCUT2D eigenvalue weighted by Gasteiger charge is -2.09. The number of hydrogen-bond donors (Lipinski definition) is 1. The van der Waals surface area contributed by atoms with Crippen LogP contribution in [0.4, 0.5) is 0 Å². The Kier molecular flexibility index (Phi) is 6.45. The lowest BCUT2D eigenvalue weighted by atomic mass is 10.1. The molecule has 1 aromatic heterocycles. The van der Waals surface area contributed by atoms with Gasteiger partial charge in [-0.1, -0.05) is 26.0 Å². The fourth-order valence-corrected chi connectivity index (χ4v) is 3.46. The molecule has 0 aliphatic heterocycles. The molecular weight excluding hydrogens is 354 g/mol. The minimum atomic E-state index is -0.0722. The summed E-state index contributed by atoms with van der Waals surface area (Å²) in [6.07, 6.45) is 4.59. The largest absolute Gasteiger partial charge is 0.352 e. The van der Waals surface area contributed by atoms with Gasteiger partial charge in [-0.2, -0.15) is 0 Å². The summed E-state index contributed by atoms with van der Waals surface area (Å²) in [4.78, 5) is 23.1. The van der Waals surface area contributed by atoms with Crippen LogP contribution in [0.5, 0.6) is 0 Å². The first-order valence-electron chi connectivity index (χ1n) is 9.35. The molecule has 0 unspecified atom stereocenters. The fraction of sp³-hybridized carbons (Fsp3) is 0.318. The first kappa shape index (κ1) is 19.4. The van der Waals surface area contributed by atoms with E-state index in [1.165, 1.54) is 10.5 Å². The average Bonchev–Trinajstić information content (AvgIpc) is 2.72. The lowest BCUT2D eigenvalue weighted by molar-refractivity contribution is 0.0954. The van der Waals surface area contributed by atoms with E-state index in [9.17, 15) is 4.79 Å². The van der Waals surface area contributed by atoms with Crippen LogP contribution in [0.2, 0.25) is 0 Å². The van der Waals surface area contributed by atoms with Crippen LogP contribution in [0, 0.1) is 0 Å². The minimum absolute atomic E-state index is 0.0722. The van der Waals surface area contributed by atoms with Crippen molar-refractivity contribution in [1.82, 2.24) is 15.3 Å². The van der Waals surface area contributed by atoms with Crippen molar-refractivity contribution in [3.8, 4) is 0 Å². The second-order valence-electron chi connectivity index (χ2n) is 6.38. The molecule has 27 heavy (non-hydrogen) atoms. The summed E-state index contributed by atoms with van der Waals surface area (Å²) in [5, 5.41) is 3.00. The maximum absolute atomic E-state index is 12.5. The van der Waals surface area contributed by atoms with Gasteiger partial charge >= 0.3 is 0 Å². The predicted octanol–water partition coefficient (Wildman–Crippen LogP) is 4.45. The number of aromatic nitrogens is 2. The summed E-state index contributed by atoms with van der Waals surface area (Å²) in [6.45, 7) is 4.78. The van der Waals surface area contributed by atoms with E-state index in [1.54, 1.807) is 11.8 Å². The molecule has 1 amide bonds. The predicted molar refractivity (Wildman–Crippen MR) is 113 cm³/mol. The molecule has 0 bridgehead atoms.